The zero-order valence-electron chi connectivity index (χ0n) is 10.5. The summed E-state index contributed by atoms with van der Waals surface area (Å²) in [6.07, 6.45) is 2.48. The molecule has 0 spiro atoms. The smallest absolute Gasteiger partial charge is 0.192 e. The van der Waals surface area contributed by atoms with Crippen LogP contribution >= 0.6 is 0 Å². The van der Waals surface area contributed by atoms with Gasteiger partial charge in [-0.25, -0.2) is 8.78 Å². The largest absolute Gasteiger partial charge is 0.482 e. The minimum Gasteiger partial charge on any atom is -0.482 e. The van der Waals surface area contributed by atoms with Crippen molar-refractivity contribution in [2.75, 3.05) is 0 Å². The molecule has 0 N–H and O–H groups in total. The van der Waals surface area contributed by atoms with Gasteiger partial charge in [-0.3, -0.25) is 0 Å². The molecule has 17 heavy (non-hydrogen) atoms. The van der Waals surface area contributed by atoms with Crippen molar-refractivity contribution in [1.29, 1.82) is 0 Å². The average Bonchev–Trinajstić information content (AvgIpc) is 2.53. The third-order valence-corrected chi connectivity index (χ3v) is 2.69. The van der Waals surface area contributed by atoms with Crippen molar-refractivity contribution < 1.29 is 13.5 Å². The molecule has 0 saturated heterocycles. The zero-order chi connectivity index (χ0) is 12.8. The van der Waals surface area contributed by atoms with Crippen LogP contribution in [0, 0.1) is 11.6 Å². The van der Waals surface area contributed by atoms with Crippen LogP contribution < -0.4 is 4.74 Å². The molecule has 2 rings (SSSR count). The lowest BCUT2D eigenvalue weighted by atomic mass is 10.0. The van der Waals surface area contributed by atoms with E-state index in [0.717, 1.165) is 5.57 Å². The van der Waals surface area contributed by atoms with Crippen LogP contribution in [-0.2, 0) is 6.42 Å². The highest BCUT2D eigenvalue weighted by molar-refractivity contribution is 5.73. The summed E-state index contributed by atoms with van der Waals surface area (Å²) in [6.45, 7) is 7.12. The molecule has 1 aliphatic carbocycles. The van der Waals surface area contributed by atoms with Crippen molar-refractivity contribution >= 4 is 5.57 Å². The van der Waals surface area contributed by atoms with Crippen LogP contribution in [-0.4, -0.2) is 5.60 Å². The molecule has 1 aliphatic rings. The lowest BCUT2D eigenvalue weighted by Gasteiger charge is -2.23. The van der Waals surface area contributed by atoms with Crippen LogP contribution in [0.5, 0.6) is 5.75 Å². The Morgan fingerprint density at radius 3 is 2.47 bits per heavy atom. The highest BCUT2D eigenvalue weighted by atomic mass is 19.1. The third-order valence-electron chi connectivity index (χ3n) is 2.69. The van der Waals surface area contributed by atoms with E-state index in [-0.39, 0.29) is 5.75 Å². The number of ether oxygens (including phenoxy) is 1. The molecule has 0 aromatic heterocycles. The number of benzene rings is 1. The minimum atomic E-state index is -0.626. The SMILES string of the molecule is CC1=CCc2cc(F)c(OC(C)(C)C)c(F)c21. The molecule has 92 valence electrons. The fourth-order valence-corrected chi connectivity index (χ4v) is 2.00. The summed E-state index contributed by atoms with van der Waals surface area (Å²) in [6, 6.07) is 1.37. The average molecular weight is 238 g/mol. The van der Waals surface area contributed by atoms with Crippen LogP contribution in [0.2, 0.25) is 0 Å². The first kappa shape index (κ1) is 12.1. The summed E-state index contributed by atoms with van der Waals surface area (Å²) < 4.78 is 33.3. The quantitative estimate of drug-likeness (QED) is 0.715. The van der Waals surface area contributed by atoms with Gasteiger partial charge in [-0.05, 0) is 51.3 Å². The maximum absolute atomic E-state index is 14.2. The number of halogens is 2. The predicted octanol–water partition coefficient (Wildman–Crippen LogP) is 4.10. The second-order valence-corrected chi connectivity index (χ2v) is 5.34. The van der Waals surface area contributed by atoms with Crippen molar-refractivity contribution in [2.24, 2.45) is 0 Å². The third kappa shape index (κ3) is 2.19. The molecule has 0 fully saturated rings. The Bertz CT molecular complexity index is 496. The Labute approximate surface area is 100 Å². The van der Waals surface area contributed by atoms with Gasteiger partial charge in [0.05, 0.1) is 0 Å². The Morgan fingerprint density at radius 2 is 1.88 bits per heavy atom. The molecule has 1 nitrogen and oxygen atoms in total. The van der Waals surface area contributed by atoms with Crippen molar-refractivity contribution in [2.45, 2.75) is 39.7 Å². The molecule has 0 bridgehead atoms. The molecule has 0 atom stereocenters. The van der Waals surface area contributed by atoms with Gasteiger partial charge in [0.1, 0.15) is 5.60 Å². The molecule has 1 aromatic carbocycles. The summed E-state index contributed by atoms with van der Waals surface area (Å²) in [7, 11) is 0. The number of allylic oxidation sites excluding steroid dienone is 2. The highest BCUT2D eigenvalue weighted by Crippen LogP contribution is 2.37. The van der Waals surface area contributed by atoms with Gasteiger partial charge in [0.15, 0.2) is 17.4 Å². The number of hydrogen-bond donors (Lipinski definition) is 0. The van der Waals surface area contributed by atoms with Crippen LogP contribution in [0.1, 0.15) is 38.8 Å². The molecule has 1 aromatic rings. The monoisotopic (exact) mass is 238 g/mol. The van der Waals surface area contributed by atoms with E-state index in [2.05, 4.69) is 0 Å². The van der Waals surface area contributed by atoms with Crippen LogP contribution in [0.4, 0.5) is 8.78 Å². The van der Waals surface area contributed by atoms with Crippen LogP contribution in [0.3, 0.4) is 0 Å². The molecule has 0 heterocycles. The Morgan fingerprint density at radius 1 is 1.24 bits per heavy atom. The van der Waals surface area contributed by atoms with E-state index in [9.17, 15) is 8.78 Å². The van der Waals surface area contributed by atoms with Gasteiger partial charge in [0.2, 0.25) is 0 Å². The predicted molar refractivity (Wildman–Crippen MR) is 64.1 cm³/mol. The molecule has 0 unspecified atom stereocenters. The van der Waals surface area contributed by atoms with E-state index < -0.39 is 17.2 Å². The molecule has 0 saturated carbocycles. The highest BCUT2D eigenvalue weighted by Gasteiger charge is 2.26. The first-order chi connectivity index (χ1) is 7.79. The van der Waals surface area contributed by atoms with Gasteiger partial charge in [-0.1, -0.05) is 6.08 Å². The maximum Gasteiger partial charge on any atom is 0.192 e. The zero-order valence-corrected chi connectivity index (χ0v) is 10.5. The lowest BCUT2D eigenvalue weighted by molar-refractivity contribution is 0.117. The van der Waals surface area contributed by atoms with E-state index in [4.69, 9.17) is 4.74 Å². The Balaban J connectivity index is 2.54. The summed E-state index contributed by atoms with van der Waals surface area (Å²) in [5, 5.41) is 0. The standard InChI is InChI=1S/C14H16F2O/c1-8-5-6-9-7-10(15)13(12(16)11(8)9)17-14(2,3)4/h5,7H,6H2,1-4H3. The molecule has 0 amide bonds. The van der Waals surface area contributed by atoms with E-state index in [0.29, 0.717) is 17.5 Å². The summed E-state index contributed by atoms with van der Waals surface area (Å²) in [4.78, 5) is 0. The van der Waals surface area contributed by atoms with E-state index >= 15 is 0 Å². The molecule has 0 aliphatic heterocycles. The van der Waals surface area contributed by atoms with Crippen molar-refractivity contribution in [3.8, 4) is 5.75 Å². The number of hydrogen-bond acceptors (Lipinski definition) is 1. The first-order valence-electron chi connectivity index (χ1n) is 5.66. The van der Waals surface area contributed by atoms with E-state index in [1.54, 1.807) is 20.8 Å². The normalized spacial score (nSPS) is 14.6. The summed E-state index contributed by atoms with van der Waals surface area (Å²) in [5.74, 6) is -1.48. The molecular formula is C14H16F2O. The molecule has 3 heteroatoms. The topological polar surface area (TPSA) is 9.23 Å². The summed E-state index contributed by atoms with van der Waals surface area (Å²) in [5.41, 5.74) is 1.41. The van der Waals surface area contributed by atoms with E-state index in [1.165, 1.54) is 6.07 Å². The second-order valence-electron chi connectivity index (χ2n) is 5.34. The van der Waals surface area contributed by atoms with Crippen molar-refractivity contribution in [3.05, 3.63) is 34.9 Å². The van der Waals surface area contributed by atoms with E-state index in [1.807, 2.05) is 13.0 Å². The van der Waals surface area contributed by atoms with Gasteiger partial charge < -0.3 is 4.74 Å². The first-order valence-corrected chi connectivity index (χ1v) is 5.66. The Kier molecular flexibility index (Phi) is 2.72. The summed E-state index contributed by atoms with van der Waals surface area (Å²) >= 11 is 0. The Hall–Kier alpha value is -1.38. The van der Waals surface area contributed by atoms with Crippen molar-refractivity contribution in [3.63, 3.8) is 0 Å². The van der Waals surface area contributed by atoms with Crippen molar-refractivity contribution in [1.82, 2.24) is 0 Å². The minimum absolute atomic E-state index is 0.272. The molecule has 0 radical (unpaired) electrons. The van der Waals surface area contributed by atoms with Gasteiger partial charge in [-0.2, -0.15) is 0 Å². The number of rotatable bonds is 1. The fourth-order valence-electron chi connectivity index (χ4n) is 2.00. The van der Waals surface area contributed by atoms with Gasteiger partial charge in [0.25, 0.3) is 0 Å². The van der Waals surface area contributed by atoms with Crippen LogP contribution in [0.15, 0.2) is 12.1 Å². The van der Waals surface area contributed by atoms with Gasteiger partial charge in [-0.15, -0.1) is 0 Å². The lowest BCUT2D eigenvalue weighted by Crippen LogP contribution is -2.24. The number of fused-ring (bicyclic) bond motifs is 1. The van der Waals surface area contributed by atoms with Gasteiger partial charge in [0, 0.05) is 5.56 Å². The van der Waals surface area contributed by atoms with Crippen LogP contribution in [0.25, 0.3) is 5.57 Å². The molecular weight excluding hydrogens is 222 g/mol. The maximum atomic E-state index is 14.2. The van der Waals surface area contributed by atoms with Gasteiger partial charge >= 0.3 is 0 Å². The fraction of sp³-hybridized carbons (Fsp3) is 0.429. The second kappa shape index (κ2) is 3.83.